The molecule has 5 heteroatoms. The van der Waals surface area contributed by atoms with Gasteiger partial charge < -0.3 is 11.1 Å². The number of benzene rings is 1. The number of halogens is 1. The van der Waals surface area contributed by atoms with E-state index in [-0.39, 0.29) is 11.4 Å². The van der Waals surface area contributed by atoms with Crippen LogP contribution in [0, 0.1) is 5.82 Å². The van der Waals surface area contributed by atoms with Gasteiger partial charge in [-0.25, -0.2) is 9.37 Å². The van der Waals surface area contributed by atoms with Crippen molar-refractivity contribution >= 4 is 16.5 Å². The molecular formula is C15H18FN3S. The molecule has 0 bridgehead atoms. The maximum absolute atomic E-state index is 13.1. The van der Waals surface area contributed by atoms with E-state index in [0.29, 0.717) is 5.13 Å². The minimum atomic E-state index is -0.183. The zero-order chi connectivity index (χ0) is 14.0. The Morgan fingerprint density at radius 2 is 1.95 bits per heavy atom. The van der Waals surface area contributed by atoms with E-state index < -0.39 is 0 Å². The summed E-state index contributed by atoms with van der Waals surface area (Å²) in [6.07, 6.45) is 6.41. The van der Waals surface area contributed by atoms with Gasteiger partial charge in [-0.05, 0) is 30.5 Å². The molecule has 0 unspecified atom stereocenters. The van der Waals surface area contributed by atoms with Crippen molar-refractivity contribution in [3.8, 4) is 0 Å². The number of nitrogens with two attached hydrogens (primary N) is 1. The average molecular weight is 291 g/mol. The molecule has 3 rings (SSSR count). The van der Waals surface area contributed by atoms with E-state index in [1.54, 1.807) is 12.1 Å². The van der Waals surface area contributed by atoms with E-state index in [9.17, 15) is 4.39 Å². The topological polar surface area (TPSA) is 50.9 Å². The summed E-state index contributed by atoms with van der Waals surface area (Å²) >= 11 is 1.51. The maximum Gasteiger partial charge on any atom is 0.180 e. The van der Waals surface area contributed by atoms with Gasteiger partial charge in [0.15, 0.2) is 5.13 Å². The summed E-state index contributed by atoms with van der Waals surface area (Å²) in [7, 11) is 0. The molecule has 1 aromatic carbocycles. The van der Waals surface area contributed by atoms with Crippen LogP contribution in [0.5, 0.6) is 0 Å². The van der Waals surface area contributed by atoms with E-state index in [0.717, 1.165) is 24.3 Å². The van der Waals surface area contributed by atoms with Crippen LogP contribution in [0.25, 0.3) is 0 Å². The second-order valence-corrected chi connectivity index (χ2v) is 6.46. The van der Waals surface area contributed by atoms with Crippen molar-refractivity contribution in [3.63, 3.8) is 0 Å². The molecule has 106 valence electrons. The molecule has 0 saturated heterocycles. The van der Waals surface area contributed by atoms with Crippen LogP contribution in [-0.2, 0) is 12.1 Å². The van der Waals surface area contributed by atoms with Gasteiger partial charge in [-0.3, -0.25) is 0 Å². The minimum Gasteiger partial charge on any atom is -0.375 e. The predicted molar refractivity (Wildman–Crippen MR) is 79.9 cm³/mol. The van der Waals surface area contributed by atoms with Gasteiger partial charge in [-0.15, -0.1) is 11.3 Å². The van der Waals surface area contributed by atoms with Crippen LogP contribution in [-0.4, -0.2) is 4.98 Å². The fourth-order valence-corrected chi connectivity index (χ4v) is 3.60. The Morgan fingerprint density at radius 1 is 1.25 bits per heavy atom. The molecule has 1 saturated carbocycles. The number of nitrogen functional groups attached to an aromatic ring is 1. The molecule has 1 fully saturated rings. The molecular weight excluding hydrogens is 273 g/mol. The highest BCUT2D eigenvalue weighted by Gasteiger charge is 2.35. The van der Waals surface area contributed by atoms with Crippen molar-refractivity contribution < 1.29 is 4.39 Å². The largest absolute Gasteiger partial charge is 0.375 e. The predicted octanol–water partition coefficient (Wildman–Crippen LogP) is 3.42. The van der Waals surface area contributed by atoms with Crippen molar-refractivity contribution in [3.05, 3.63) is 46.7 Å². The summed E-state index contributed by atoms with van der Waals surface area (Å²) in [6.45, 7) is 0.756. The lowest BCUT2D eigenvalue weighted by Crippen LogP contribution is -2.39. The Balaban J connectivity index is 1.79. The second kappa shape index (κ2) is 5.50. The molecule has 0 spiro atoms. The van der Waals surface area contributed by atoms with E-state index in [1.165, 1.54) is 29.7 Å². The van der Waals surface area contributed by atoms with Crippen LogP contribution < -0.4 is 11.1 Å². The van der Waals surface area contributed by atoms with E-state index in [2.05, 4.69) is 10.3 Å². The molecule has 0 atom stereocenters. The molecule has 3 nitrogen and oxygen atoms in total. The zero-order valence-electron chi connectivity index (χ0n) is 11.2. The second-order valence-electron chi connectivity index (χ2n) is 5.31. The number of anilines is 1. The van der Waals surface area contributed by atoms with E-state index in [1.807, 2.05) is 18.3 Å². The molecule has 20 heavy (non-hydrogen) atoms. The summed E-state index contributed by atoms with van der Waals surface area (Å²) in [5.74, 6) is -0.183. The number of rotatable bonds is 4. The quantitative estimate of drug-likeness (QED) is 0.907. The first-order chi connectivity index (χ1) is 9.68. The highest BCUT2D eigenvalue weighted by Crippen LogP contribution is 2.39. The van der Waals surface area contributed by atoms with Crippen LogP contribution in [0.1, 0.15) is 36.1 Å². The number of hydrogen-bond donors (Lipinski definition) is 2. The SMILES string of the molecule is Nc1ncc(CNC2(c3ccc(F)cc3)CCCC2)s1. The van der Waals surface area contributed by atoms with Crippen molar-refractivity contribution in [1.29, 1.82) is 0 Å². The number of thiazole rings is 1. The van der Waals surface area contributed by atoms with Crippen LogP contribution in [0.15, 0.2) is 30.5 Å². The number of hydrogen-bond acceptors (Lipinski definition) is 4. The maximum atomic E-state index is 13.1. The summed E-state index contributed by atoms with van der Waals surface area (Å²) in [6, 6.07) is 6.88. The van der Waals surface area contributed by atoms with Gasteiger partial charge in [0.25, 0.3) is 0 Å². The van der Waals surface area contributed by atoms with Crippen molar-refractivity contribution in [2.45, 2.75) is 37.8 Å². The zero-order valence-corrected chi connectivity index (χ0v) is 12.0. The van der Waals surface area contributed by atoms with Crippen LogP contribution in [0.3, 0.4) is 0 Å². The number of aromatic nitrogens is 1. The molecule has 1 heterocycles. The first kappa shape index (κ1) is 13.5. The summed E-state index contributed by atoms with van der Waals surface area (Å²) < 4.78 is 13.1. The van der Waals surface area contributed by atoms with E-state index in [4.69, 9.17) is 5.73 Å². The van der Waals surface area contributed by atoms with Crippen LogP contribution in [0.4, 0.5) is 9.52 Å². The Morgan fingerprint density at radius 3 is 2.55 bits per heavy atom. The normalized spacial score (nSPS) is 17.4. The van der Waals surface area contributed by atoms with Crippen LogP contribution in [0.2, 0.25) is 0 Å². The Hall–Kier alpha value is -1.46. The summed E-state index contributed by atoms with van der Waals surface area (Å²) in [4.78, 5) is 5.21. The Kier molecular flexibility index (Phi) is 3.72. The molecule has 1 aromatic heterocycles. The monoisotopic (exact) mass is 291 g/mol. The Labute approximate surface area is 122 Å². The highest BCUT2D eigenvalue weighted by atomic mass is 32.1. The smallest absolute Gasteiger partial charge is 0.180 e. The Bertz CT molecular complexity index is 573. The lowest BCUT2D eigenvalue weighted by Gasteiger charge is -2.31. The molecule has 0 radical (unpaired) electrons. The fourth-order valence-electron chi connectivity index (χ4n) is 2.98. The average Bonchev–Trinajstić information content (AvgIpc) is 3.07. The van der Waals surface area contributed by atoms with Gasteiger partial charge >= 0.3 is 0 Å². The van der Waals surface area contributed by atoms with Gasteiger partial charge in [-0.1, -0.05) is 25.0 Å². The first-order valence-corrected chi connectivity index (χ1v) is 7.71. The molecule has 3 N–H and O–H groups in total. The highest BCUT2D eigenvalue weighted by molar-refractivity contribution is 7.15. The fraction of sp³-hybridized carbons (Fsp3) is 0.400. The summed E-state index contributed by atoms with van der Waals surface area (Å²) in [5, 5.41) is 4.25. The lowest BCUT2D eigenvalue weighted by atomic mass is 9.88. The van der Waals surface area contributed by atoms with Crippen molar-refractivity contribution in [2.24, 2.45) is 0 Å². The standard InChI is InChI=1S/C15H18FN3S/c16-12-5-3-11(4-6-12)15(7-1-2-8-15)19-10-13-9-18-14(17)20-13/h3-6,9,19H,1-2,7-8,10H2,(H2,17,18). The van der Waals surface area contributed by atoms with Gasteiger partial charge in [0.05, 0.1) is 0 Å². The summed E-state index contributed by atoms with van der Waals surface area (Å²) in [5.41, 5.74) is 6.80. The number of nitrogens with zero attached hydrogens (tertiary/aromatic N) is 1. The van der Waals surface area contributed by atoms with Crippen molar-refractivity contribution in [2.75, 3.05) is 5.73 Å². The lowest BCUT2D eigenvalue weighted by molar-refractivity contribution is 0.339. The van der Waals surface area contributed by atoms with Crippen LogP contribution >= 0.6 is 11.3 Å². The van der Waals surface area contributed by atoms with Gasteiger partial charge in [-0.2, -0.15) is 0 Å². The molecule has 1 aliphatic carbocycles. The van der Waals surface area contributed by atoms with Gasteiger partial charge in [0, 0.05) is 23.2 Å². The van der Waals surface area contributed by atoms with Gasteiger partial charge in [0.1, 0.15) is 5.82 Å². The third-order valence-electron chi connectivity index (χ3n) is 4.03. The third kappa shape index (κ3) is 2.69. The number of nitrogens with one attached hydrogen (secondary N) is 1. The molecule has 0 amide bonds. The third-order valence-corrected chi connectivity index (χ3v) is 4.85. The molecule has 1 aliphatic rings. The van der Waals surface area contributed by atoms with Crippen molar-refractivity contribution in [1.82, 2.24) is 10.3 Å². The first-order valence-electron chi connectivity index (χ1n) is 6.89. The molecule has 2 aromatic rings. The molecule has 0 aliphatic heterocycles. The minimum absolute atomic E-state index is 0.0353. The van der Waals surface area contributed by atoms with Gasteiger partial charge in [0.2, 0.25) is 0 Å². The van der Waals surface area contributed by atoms with E-state index >= 15 is 0 Å².